The molecule has 5 N–H and O–H groups in total. The van der Waals surface area contributed by atoms with Crippen LogP contribution in [0, 0.1) is 13.8 Å². The smallest absolute Gasteiger partial charge is 0.309 e. The Morgan fingerprint density at radius 2 is 1.50 bits per heavy atom. The summed E-state index contributed by atoms with van der Waals surface area (Å²) in [5.41, 5.74) is 4.61. The summed E-state index contributed by atoms with van der Waals surface area (Å²) in [7, 11) is 0. The van der Waals surface area contributed by atoms with Crippen LogP contribution < -0.4 is 21.3 Å². The van der Waals surface area contributed by atoms with Gasteiger partial charge in [0.05, 0.1) is 11.9 Å². The quantitative estimate of drug-likeness (QED) is 0.172. The Kier molecular flexibility index (Phi) is 13.2. The van der Waals surface area contributed by atoms with Crippen molar-refractivity contribution < 1.29 is 29.1 Å². The first-order chi connectivity index (χ1) is 23.8. The van der Waals surface area contributed by atoms with Gasteiger partial charge in [0.25, 0.3) is 5.91 Å². The highest BCUT2D eigenvalue weighted by Crippen LogP contribution is 2.40. The van der Waals surface area contributed by atoms with E-state index in [1.807, 2.05) is 94.4 Å². The Morgan fingerprint density at radius 1 is 0.840 bits per heavy atom. The number of aliphatic hydroxyl groups is 1. The van der Waals surface area contributed by atoms with Crippen LogP contribution in [-0.4, -0.2) is 74.4 Å². The minimum Gasteiger partial charge on any atom is -0.381 e. The van der Waals surface area contributed by atoms with Gasteiger partial charge in [0.15, 0.2) is 6.10 Å². The molecule has 12 heteroatoms. The van der Waals surface area contributed by atoms with Gasteiger partial charge in [-0.25, -0.2) is 0 Å². The Balaban J connectivity index is 1.46. The molecule has 1 aliphatic rings. The molecule has 0 radical (unpaired) electrons. The zero-order valence-electron chi connectivity index (χ0n) is 29.2. The molecule has 0 bridgehead atoms. The van der Waals surface area contributed by atoms with Crippen molar-refractivity contribution in [3.63, 3.8) is 0 Å². The predicted octanol–water partition coefficient (Wildman–Crippen LogP) is 2.90. The lowest BCUT2D eigenvalue weighted by Gasteiger charge is -2.33. The summed E-state index contributed by atoms with van der Waals surface area (Å²) in [4.78, 5) is 67.9. The predicted molar refractivity (Wildman–Crippen MR) is 194 cm³/mol. The van der Waals surface area contributed by atoms with Crippen LogP contribution in [0.5, 0.6) is 0 Å². The fraction of sp³-hybridized carbons (Fsp3) is 0.395. The van der Waals surface area contributed by atoms with Crippen molar-refractivity contribution in [2.75, 3.05) is 5.88 Å². The molecule has 0 spiro atoms. The van der Waals surface area contributed by atoms with Crippen molar-refractivity contribution in [2.45, 2.75) is 89.5 Å². The average Bonchev–Trinajstić information content (AvgIpc) is 3.43. The molecule has 266 valence electrons. The number of benzene rings is 3. The van der Waals surface area contributed by atoms with E-state index in [0.29, 0.717) is 0 Å². The van der Waals surface area contributed by atoms with Crippen molar-refractivity contribution in [1.29, 1.82) is 0 Å². The highest BCUT2D eigenvalue weighted by molar-refractivity contribution is 8.00. The molecule has 1 saturated heterocycles. The fourth-order valence-electron chi connectivity index (χ4n) is 5.78. The molecule has 0 saturated carbocycles. The number of aryl methyl sites for hydroxylation is 2. The van der Waals surface area contributed by atoms with E-state index in [9.17, 15) is 29.1 Å². The van der Waals surface area contributed by atoms with E-state index in [-0.39, 0.29) is 37.7 Å². The fourth-order valence-corrected chi connectivity index (χ4v) is 6.92. The number of carbonyl (C=O) groups excluding carboxylic acids is 5. The number of amides is 5. The lowest BCUT2D eigenvalue weighted by Crippen LogP contribution is -2.60. The molecule has 4 atom stereocenters. The number of hydrogen-bond donors (Lipinski definition) is 5. The molecule has 3 aromatic rings. The topological polar surface area (TPSA) is 157 Å². The minimum absolute atomic E-state index is 0.0927. The summed E-state index contributed by atoms with van der Waals surface area (Å²) in [6.45, 7) is 9.76. The molecule has 1 aliphatic heterocycles. The number of nitrogens with zero attached hydrogens (tertiary/aromatic N) is 1. The van der Waals surface area contributed by atoms with Crippen molar-refractivity contribution in [2.24, 2.45) is 0 Å². The van der Waals surface area contributed by atoms with Crippen molar-refractivity contribution in [1.82, 2.24) is 26.2 Å². The molecule has 11 nitrogen and oxygen atoms in total. The van der Waals surface area contributed by atoms with Crippen LogP contribution in [0.2, 0.25) is 0 Å². The maximum Gasteiger partial charge on any atom is 0.309 e. The van der Waals surface area contributed by atoms with Crippen molar-refractivity contribution in [3.05, 3.63) is 107 Å². The van der Waals surface area contributed by atoms with E-state index in [1.54, 1.807) is 19.1 Å². The molecule has 1 heterocycles. The summed E-state index contributed by atoms with van der Waals surface area (Å²) in [5, 5.41) is 22.3. The number of hydrogen-bond acceptors (Lipinski definition) is 7. The number of thioether (sulfide) groups is 1. The van der Waals surface area contributed by atoms with Crippen molar-refractivity contribution in [3.8, 4) is 0 Å². The molecule has 5 amide bonds. The largest absolute Gasteiger partial charge is 0.381 e. The van der Waals surface area contributed by atoms with Crippen LogP contribution in [0.25, 0.3) is 0 Å². The Morgan fingerprint density at radius 3 is 2.16 bits per heavy atom. The van der Waals surface area contributed by atoms with Gasteiger partial charge in [0.2, 0.25) is 11.8 Å². The van der Waals surface area contributed by atoms with Gasteiger partial charge in [-0.3, -0.25) is 24.0 Å². The zero-order chi connectivity index (χ0) is 36.4. The first-order valence-corrected chi connectivity index (χ1v) is 17.7. The third kappa shape index (κ3) is 9.95. The average molecular weight is 702 g/mol. The third-order valence-electron chi connectivity index (χ3n) is 8.86. The highest BCUT2D eigenvalue weighted by Gasteiger charge is 2.49. The molecule has 3 aromatic carbocycles. The van der Waals surface area contributed by atoms with Crippen LogP contribution in [0.1, 0.15) is 55.0 Å². The van der Waals surface area contributed by atoms with Crippen LogP contribution in [0.15, 0.2) is 78.9 Å². The van der Waals surface area contributed by atoms with Gasteiger partial charge in [-0.05, 0) is 62.8 Å². The van der Waals surface area contributed by atoms with Gasteiger partial charge in [-0.2, -0.15) is 0 Å². The summed E-state index contributed by atoms with van der Waals surface area (Å²) in [6.07, 6.45) is -1.48. The van der Waals surface area contributed by atoms with Gasteiger partial charge in [0, 0.05) is 17.8 Å². The molecule has 0 unspecified atom stereocenters. The Hall–Kier alpha value is -4.68. The van der Waals surface area contributed by atoms with Crippen LogP contribution in [0.4, 0.5) is 0 Å². The second-order valence-electron chi connectivity index (χ2n) is 13.1. The van der Waals surface area contributed by atoms with E-state index in [2.05, 4.69) is 21.3 Å². The standard InChI is InChI=1S/C38H47N5O6S/c1-6-29(41-36(48)35(47)39-21-27-18-16-24(2)17-19-27)33(45)42-30(20-26-13-8-7-9-14-26)31(44)37(49)43-23-50-38(4,5)32(43)34(46)40-22-28-15-11-10-12-25(28)3/h7-19,29-32,44H,6,20-23H2,1-5H3,(H,39,47)(H,40,46)(H,41,48)(H,42,45)/t29-,30-,31-,32+/m0/s1. The van der Waals surface area contributed by atoms with Crippen LogP contribution in [-0.2, 0) is 43.5 Å². The summed E-state index contributed by atoms with van der Waals surface area (Å²) < 4.78 is -0.652. The van der Waals surface area contributed by atoms with Crippen LogP contribution >= 0.6 is 11.8 Å². The number of carbonyl (C=O) groups is 5. The van der Waals surface area contributed by atoms with Gasteiger partial charge in [-0.15, -0.1) is 11.8 Å². The number of nitrogens with one attached hydrogen (secondary N) is 4. The highest BCUT2D eigenvalue weighted by atomic mass is 32.2. The maximum atomic E-state index is 14.0. The summed E-state index contributed by atoms with van der Waals surface area (Å²) in [5.74, 6) is -3.42. The Labute approximate surface area is 298 Å². The molecule has 50 heavy (non-hydrogen) atoms. The minimum atomic E-state index is -1.72. The Bertz CT molecular complexity index is 1670. The lowest BCUT2D eigenvalue weighted by molar-refractivity contribution is -0.148. The monoisotopic (exact) mass is 701 g/mol. The second-order valence-corrected chi connectivity index (χ2v) is 14.7. The lowest BCUT2D eigenvalue weighted by atomic mass is 9.96. The normalized spacial score (nSPS) is 16.8. The third-order valence-corrected chi connectivity index (χ3v) is 10.2. The zero-order valence-corrected chi connectivity index (χ0v) is 30.0. The SMILES string of the molecule is CC[C@H](NC(=O)C(=O)NCc1ccc(C)cc1)C(=O)N[C@@H](Cc1ccccc1)[C@H](O)C(=O)N1CSC(C)(C)[C@H]1C(=O)NCc1ccccc1C. The maximum absolute atomic E-state index is 14.0. The van der Waals surface area contributed by atoms with Gasteiger partial charge in [-0.1, -0.05) is 91.3 Å². The van der Waals surface area contributed by atoms with Gasteiger partial charge < -0.3 is 31.3 Å². The number of aliphatic hydroxyl groups excluding tert-OH is 1. The van der Waals surface area contributed by atoms with E-state index in [0.717, 1.165) is 27.8 Å². The molecular formula is C38H47N5O6S. The van der Waals surface area contributed by atoms with Crippen LogP contribution in [0.3, 0.4) is 0 Å². The van der Waals surface area contributed by atoms with E-state index >= 15 is 0 Å². The summed E-state index contributed by atoms with van der Waals surface area (Å²) >= 11 is 1.43. The van der Waals surface area contributed by atoms with Crippen molar-refractivity contribution >= 4 is 41.3 Å². The second kappa shape index (κ2) is 17.3. The molecule has 0 aromatic heterocycles. The first kappa shape index (κ1) is 38.1. The number of rotatable bonds is 13. The molecule has 4 rings (SSSR count). The first-order valence-electron chi connectivity index (χ1n) is 16.7. The molecule has 1 fully saturated rings. The molecular weight excluding hydrogens is 655 g/mol. The van der Waals surface area contributed by atoms with Gasteiger partial charge in [0.1, 0.15) is 12.1 Å². The van der Waals surface area contributed by atoms with Gasteiger partial charge >= 0.3 is 11.8 Å². The van der Waals surface area contributed by atoms with E-state index in [4.69, 9.17) is 0 Å². The summed E-state index contributed by atoms with van der Waals surface area (Å²) in [6, 6.07) is 21.1. The van der Waals surface area contributed by atoms with E-state index in [1.165, 1.54) is 16.7 Å². The van der Waals surface area contributed by atoms with E-state index < -0.39 is 52.6 Å². The molecule has 0 aliphatic carbocycles.